The largest absolute Gasteiger partial charge is 0.253 e. The summed E-state index contributed by atoms with van der Waals surface area (Å²) in [6, 6.07) is 7.14. The molecule has 0 atom stereocenters. The lowest BCUT2D eigenvalue weighted by Gasteiger charge is -2.08. The molecule has 0 saturated heterocycles. The molecule has 0 aliphatic heterocycles. The number of halogens is 4. The number of aromatic nitrogens is 1. The molecular formula is C11H5Cl3IN. The molecule has 2 rings (SSSR count). The van der Waals surface area contributed by atoms with Crippen molar-refractivity contribution in [3.63, 3.8) is 0 Å². The van der Waals surface area contributed by atoms with Crippen molar-refractivity contribution < 1.29 is 0 Å². The molecule has 0 fully saturated rings. The molecule has 0 spiro atoms. The molecule has 1 heterocycles. The Kier molecular flexibility index (Phi) is 3.95. The van der Waals surface area contributed by atoms with Crippen molar-refractivity contribution in [1.82, 2.24) is 4.98 Å². The van der Waals surface area contributed by atoms with Crippen LogP contribution in [0.1, 0.15) is 0 Å². The van der Waals surface area contributed by atoms with Gasteiger partial charge in [-0.3, -0.25) is 4.98 Å². The van der Waals surface area contributed by atoms with E-state index in [0.717, 1.165) is 3.57 Å². The van der Waals surface area contributed by atoms with Gasteiger partial charge in [0.05, 0.1) is 20.8 Å². The van der Waals surface area contributed by atoms with Crippen molar-refractivity contribution in [2.24, 2.45) is 0 Å². The lowest BCUT2D eigenvalue weighted by Crippen LogP contribution is -1.88. The van der Waals surface area contributed by atoms with Crippen molar-refractivity contribution in [2.45, 2.75) is 0 Å². The average Bonchev–Trinajstić information content (AvgIpc) is 2.20. The van der Waals surface area contributed by atoms with Crippen LogP contribution in [0.4, 0.5) is 0 Å². The molecule has 0 aliphatic carbocycles. The first kappa shape index (κ1) is 12.4. The maximum absolute atomic E-state index is 6.12. The van der Waals surface area contributed by atoms with Crippen LogP contribution in [0.25, 0.3) is 11.3 Å². The zero-order valence-electron chi connectivity index (χ0n) is 7.85. The zero-order valence-corrected chi connectivity index (χ0v) is 12.3. The number of nitrogens with zero attached hydrogens (tertiary/aromatic N) is 1. The van der Waals surface area contributed by atoms with E-state index in [1.54, 1.807) is 24.4 Å². The van der Waals surface area contributed by atoms with Crippen LogP contribution in [0.5, 0.6) is 0 Å². The fourth-order valence-electron chi connectivity index (χ4n) is 1.32. The van der Waals surface area contributed by atoms with Gasteiger partial charge in [0.2, 0.25) is 0 Å². The Morgan fingerprint density at radius 2 is 1.62 bits per heavy atom. The first-order valence-corrected chi connectivity index (χ1v) is 6.56. The molecule has 0 bridgehead atoms. The summed E-state index contributed by atoms with van der Waals surface area (Å²) in [6.45, 7) is 0. The third-order valence-electron chi connectivity index (χ3n) is 2.01. The van der Waals surface area contributed by atoms with Crippen LogP contribution in [0.15, 0.2) is 30.5 Å². The zero-order chi connectivity index (χ0) is 11.7. The van der Waals surface area contributed by atoms with Crippen LogP contribution in [0, 0.1) is 3.57 Å². The van der Waals surface area contributed by atoms with Gasteiger partial charge in [-0.05, 0) is 40.8 Å². The van der Waals surface area contributed by atoms with Gasteiger partial charge in [-0.25, -0.2) is 0 Å². The Balaban J connectivity index is 2.68. The minimum absolute atomic E-state index is 0.543. The summed E-state index contributed by atoms with van der Waals surface area (Å²) in [5.74, 6) is 0. The lowest BCUT2D eigenvalue weighted by atomic mass is 10.1. The van der Waals surface area contributed by atoms with Gasteiger partial charge in [-0.15, -0.1) is 0 Å². The topological polar surface area (TPSA) is 12.9 Å². The second-order valence-electron chi connectivity index (χ2n) is 3.08. The Bertz CT molecular complexity index is 522. The Morgan fingerprint density at radius 1 is 1.00 bits per heavy atom. The third-order valence-corrected chi connectivity index (χ3v) is 3.52. The standard InChI is InChI=1S/C11H5Cl3IN/c12-7-2-1-3-8(13)10(7)11-9(14)4-6(15)5-16-11/h1-5H. The van der Waals surface area contributed by atoms with Gasteiger partial charge in [-0.2, -0.15) is 0 Å². The minimum atomic E-state index is 0.543. The Hall–Kier alpha value is -0.0300. The Morgan fingerprint density at radius 3 is 2.19 bits per heavy atom. The van der Waals surface area contributed by atoms with E-state index in [1.807, 2.05) is 6.07 Å². The molecule has 16 heavy (non-hydrogen) atoms. The van der Waals surface area contributed by atoms with Crippen molar-refractivity contribution in [2.75, 3.05) is 0 Å². The maximum Gasteiger partial charge on any atom is 0.0918 e. The van der Waals surface area contributed by atoms with E-state index in [-0.39, 0.29) is 0 Å². The molecule has 0 unspecified atom stereocenters. The van der Waals surface area contributed by atoms with E-state index in [9.17, 15) is 0 Å². The first-order valence-electron chi connectivity index (χ1n) is 4.35. The molecule has 0 saturated carbocycles. The van der Waals surface area contributed by atoms with Crippen LogP contribution in [-0.2, 0) is 0 Å². The SMILES string of the molecule is Clc1cc(I)cnc1-c1c(Cl)cccc1Cl. The van der Waals surface area contributed by atoms with E-state index in [2.05, 4.69) is 27.6 Å². The van der Waals surface area contributed by atoms with E-state index < -0.39 is 0 Å². The maximum atomic E-state index is 6.12. The molecule has 1 aromatic carbocycles. The number of pyridine rings is 1. The van der Waals surface area contributed by atoms with Crippen LogP contribution in [0.2, 0.25) is 15.1 Å². The van der Waals surface area contributed by atoms with Gasteiger partial charge in [0.1, 0.15) is 0 Å². The number of hydrogen-bond acceptors (Lipinski definition) is 1. The number of hydrogen-bond donors (Lipinski definition) is 0. The molecule has 0 aliphatic rings. The lowest BCUT2D eigenvalue weighted by molar-refractivity contribution is 1.31. The van der Waals surface area contributed by atoms with Gasteiger partial charge in [0.15, 0.2) is 0 Å². The highest BCUT2D eigenvalue weighted by atomic mass is 127. The number of rotatable bonds is 1. The minimum Gasteiger partial charge on any atom is -0.253 e. The molecule has 0 amide bonds. The second kappa shape index (κ2) is 5.08. The molecule has 82 valence electrons. The van der Waals surface area contributed by atoms with E-state index in [0.29, 0.717) is 26.3 Å². The predicted octanol–water partition coefficient (Wildman–Crippen LogP) is 5.31. The first-order chi connectivity index (χ1) is 7.59. The highest BCUT2D eigenvalue weighted by Gasteiger charge is 2.13. The smallest absolute Gasteiger partial charge is 0.0918 e. The normalized spacial score (nSPS) is 10.5. The molecule has 0 radical (unpaired) electrons. The van der Waals surface area contributed by atoms with E-state index in [4.69, 9.17) is 34.8 Å². The summed E-state index contributed by atoms with van der Waals surface area (Å²) < 4.78 is 0.967. The van der Waals surface area contributed by atoms with Crippen LogP contribution in [-0.4, -0.2) is 4.98 Å². The van der Waals surface area contributed by atoms with Crippen molar-refractivity contribution in [1.29, 1.82) is 0 Å². The van der Waals surface area contributed by atoms with Gasteiger partial charge in [0, 0.05) is 15.3 Å². The predicted molar refractivity (Wildman–Crippen MR) is 77.4 cm³/mol. The fourth-order valence-corrected chi connectivity index (χ4v) is 2.79. The van der Waals surface area contributed by atoms with Gasteiger partial charge < -0.3 is 0 Å². The molecule has 0 N–H and O–H groups in total. The van der Waals surface area contributed by atoms with Crippen LogP contribution < -0.4 is 0 Å². The van der Waals surface area contributed by atoms with Crippen molar-refractivity contribution in [3.8, 4) is 11.3 Å². The molecule has 1 aromatic heterocycles. The summed E-state index contributed by atoms with van der Waals surface area (Å²) >= 11 is 20.5. The van der Waals surface area contributed by atoms with E-state index in [1.165, 1.54) is 0 Å². The second-order valence-corrected chi connectivity index (χ2v) is 5.55. The summed E-state index contributed by atoms with van der Waals surface area (Å²) in [5, 5.41) is 1.63. The monoisotopic (exact) mass is 383 g/mol. The highest BCUT2D eigenvalue weighted by molar-refractivity contribution is 14.1. The summed E-state index contributed by atoms with van der Waals surface area (Å²) in [7, 11) is 0. The molecule has 2 aromatic rings. The van der Waals surface area contributed by atoms with Gasteiger partial charge >= 0.3 is 0 Å². The average molecular weight is 384 g/mol. The summed E-state index contributed by atoms with van der Waals surface area (Å²) in [5.41, 5.74) is 1.28. The van der Waals surface area contributed by atoms with Crippen molar-refractivity contribution >= 4 is 57.4 Å². The fraction of sp³-hybridized carbons (Fsp3) is 0. The Labute approximate surface area is 122 Å². The molecule has 1 nitrogen and oxygen atoms in total. The van der Waals surface area contributed by atoms with Gasteiger partial charge in [-0.1, -0.05) is 40.9 Å². The highest BCUT2D eigenvalue weighted by Crippen LogP contribution is 2.37. The van der Waals surface area contributed by atoms with Crippen molar-refractivity contribution in [3.05, 3.63) is 49.1 Å². The molecular weight excluding hydrogens is 379 g/mol. The quantitative estimate of drug-likeness (QED) is 0.607. The van der Waals surface area contributed by atoms with Crippen LogP contribution in [0.3, 0.4) is 0 Å². The summed E-state index contributed by atoms with van der Waals surface area (Å²) in [6.07, 6.45) is 1.72. The van der Waals surface area contributed by atoms with Gasteiger partial charge in [0.25, 0.3) is 0 Å². The van der Waals surface area contributed by atoms with E-state index >= 15 is 0 Å². The number of benzene rings is 1. The third kappa shape index (κ3) is 2.45. The summed E-state index contributed by atoms with van der Waals surface area (Å²) in [4.78, 5) is 4.26. The van der Waals surface area contributed by atoms with Crippen LogP contribution >= 0.6 is 57.4 Å². The molecule has 5 heteroatoms.